The Morgan fingerprint density at radius 1 is 1.26 bits per heavy atom. The maximum atomic E-state index is 12.1. The lowest BCUT2D eigenvalue weighted by molar-refractivity contribution is -0.154. The summed E-state index contributed by atoms with van der Waals surface area (Å²) in [6, 6.07) is 0. The number of carbonyl (C=O) groups excluding carboxylic acids is 2. The number of ether oxygens (including phenoxy) is 1. The number of Topliss-reactive ketones (excluding diaryl/α,β-unsaturated/α-hetero) is 1. The number of carbonyl (C=O) groups is 2. The zero-order valence-electron chi connectivity index (χ0n) is 11.4. The highest BCUT2D eigenvalue weighted by molar-refractivity contribution is 7.54. The van der Waals surface area contributed by atoms with Crippen LogP contribution in [0.1, 0.15) is 39.5 Å². The number of rotatable bonds is 7. The fraction of sp³-hybridized carbons (Fsp3) is 0.833. The first-order chi connectivity index (χ1) is 9.00. The highest BCUT2D eigenvalue weighted by Gasteiger charge is 2.32. The quantitative estimate of drug-likeness (QED) is 0.529. The molecule has 1 atom stereocenters. The van der Waals surface area contributed by atoms with Crippen LogP contribution in [0, 0.1) is 0 Å². The minimum absolute atomic E-state index is 0.0674. The maximum absolute atomic E-state index is 12.1. The summed E-state index contributed by atoms with van der Waals surface area (Å²) in [4.78, 5) is 23.3. The van der Waals surface area contributed by atoms with Crippen LogP contribution in [0.4, 0.5) is 0 Å². The van der Waals surface area contributed by atoms with Gasteiger partial charge in [-0.2, -0.15) is 0 Å². The molecular formula is C12H21O6P. The zero-order valence-corrected chi connectivity index (χ0v) is 12.3. The Balaban J connectivity index is 2.52. The van der Waals surface area contributed by atoms with E-state index < -0.39 is 25.8 Å². The lowest BCUT2D eigenvalue weighted by atomic mass is 9.96. The number of esters is 1. The molecule has 1 saturated carbocycles. The van der Waals surface area contributed by atoms with E-state index in [0.717, 1.165) is 12.8 Å². The van der Waals surface area contributed by atoms with Gasteiger partial charge in [0, 0.05) is 6.42 Å². The molecule has 0 heterocycles. The average Bonchev–Trinajstić information content (AvgIpc) is 2.32. The molecular weight excluding hydrogens is 271 g/mol. The van der Waals surface area contributed by atoms with Gasteiger partial charge in [-0.1, -0.05) is 0 Å². The first-order valence-corrected chi connectivity index (χ1v) is 8.34. The monoisotopic (exact) mass is 292 g/mol. The highest BCUT2D eigenvalue weighted by atomic mass is 31.2. The van der Waals surface area contributed by atoms with Crippen LogP contribution in [-0.2, 0) is 27.9 Å². The molecule has 0 aliphatic heterocycles. The lowest BCUT2D eigenvalue weighted by Gasteiger charge is -2.22. The van der Waals surface area contributed by atoms with Crippen molar-refractivity contribution in [1.29, 1.82) is 0 Å². The second kappa shape index (κ2) is 7.78. The van der Waals surface area contributed by atoms with Crippen molar-refractivity contribution in [1.82, 2.24) is 0 Å². The van der Waals surface area contributed by atoms with Crippen LogP contribution in [0.25, 0.3) is 0 Å². The average molecular weight is 292 g/mol. The van der Waals surface area contributed by atoms with Gasteiger partial charge in [0.15, 0.2) is 11.9 Å². The summed E-state index contributed by atoms with van der Waals surface area (Å²) < 4.78 is 27.2. The van der Waals surface area contributed by atoms with E-state index in [9.17, 15) is 14.2 Å². The third kappa shape index (κ3) is 5.43. The molecule has 0 radical (unpaired) electrons. The number of hydrogen-bond donors (Lipinski definition) is 0. The highest BCUT2D eigenvalue weighted by Crippen LogP contribution is 2.47. The predicted octanol–water partition coefficient (Wildman–Crippen LogP) is 2.31. The molecule has 110 valence electrons. The number of ketones is 1. The Hall–Kier alpha value is -0.710. The number of hydrogen-bond acceptors (Lipinski definition) is 6. The van der Waals surface area contributed by atoms with Crippen LogP contribution in [0.5, 0.6) is 0 Å². The molecule has 0 spiro atoms. The summed E-state index contributed by atoms with van der Waals surface area (Å²) in [5, 5.41) is 0. The molecule has 0 aromatic heterocycles. The van der Waals surface area contributed by atoms with Crippen molar-refractivity contribution in [3.63, 3.8) is 0 Å². The van der Waals surface area contributed by atoms with E-state index in [2.05, 4.69) is 0 Å². The Bertz CT molecular complexity index is 357. The van der Waals surface area contributed by atoms with Crippen molar-refractivity contribution in [3.05, 3.63) is 0 Å². The molecule has 1 fully saturated rings. The van der Waals surface area contributed by atoms with Crippen molar-refractivity contribution in [2.75, 3.05) is 19.4 Å². The van der Waals surface area contributed by atoms with Gasteiger partial charge in [-0.25, -0.2) is 0 Å². The largest absolute Gasteiger partial charge is 0.454 e. The standard InChI is InChI=1S/C12H21O6P/c1-3-16-19(15,17-4-2)9-12(14)18-11-8-6-5-7-10(11)13/h11H,3-9H2,1-2H3. The molecule has 0 aromatic carbocycles. The first-order valence-electron chi connectivity index (χ1n) is 6.61. The van der Waals surface area contributed by atoms with E-state index in [-0.39, 0.29) is 19.0 Å². The molecule has 1 rings (SSSR count). The van der Waals surface area contributed by atoms with E-state index in [1.807, 2.05) is 0 Å². The fourth-order valence-electron chi connectivity index (χ4n) is 1.95. The van der Waals surface area contributed by atoms with E-state index in [1.54, 1.807) is 13.8 Å². The van der Waals surface area contributed by atoms with Gasteiger partial charge in [-0.05, 0) is 33.1 Å². The van der Waals surface area contributed by atoms with E-state index >= 15 is 0 Å². The van der Waals surface area contributed by atoms with Crippen molar-refractivity contribution in [2.45, 2.75) is 45.6 Å². The van der Waals surface area contributed by atoms with Gasteiger partial charge >= 0.3 is 13.6 Å². The van der Waals surface area contributed by atoms with Crippen molar-refractivity contribution < 1.29 is 27.9 Å². The van der Waals surface area contributed by atoms with Gasteiger partial charge in [-0.15, -0.1) is 0 Å². The minimum Gasteiger partial charge on any atom is -0.454 e. The Labute approximate surface area is 113 Å². The normalized spacial score (nSPS) is 20.3. The van der Waals surface area contributed by atoms with E-state index in [4.69, 9.17) is 13.8 Å². The molecule has 1 unspecified atom stereocenters. The van der Waals surface area contributed by atoms with Crippen LogP contribution >= 0.6 is 7.60 Å². The summed E-state index contributed by atoms with van der Waals surface area (Å²) >= 11 is 0. The van der Waals surface area contributed by atoms with Crippen molar-refractivity contribution >= 4 is 19.3 Å². The summed E-state index contributed by atoms with van der Waals surface area (Å²) in [7, 11) is -3.45. The second-order valence-electron chi connectivity index (χ2n) is 4.30. The van der Waals surface area contributed by atoms with Gasteiger partial charge in [0.25, 0.3) is 0 Å². The Morgan fingerprint density at radius 2 is 1.89 bits per heavy atom. The smallest absolute Gasteiger partial charge is 0.341 e. The fourth-order valence-corrected chi connectivity index (χ4v) is 3.39. The summed E-state index contributed by atoms with van der Waals surface area (Å²) in [6.45, 7) is 3.71. The topological polar surface area (TPSA) is 78.9 Å². The summed E-state index contributed by atoms with van der Waals surface area (Å²) in [6.07, 6.45) is 1.53. The van der Waals surface area contributed by atoms with Crippen LogP contribution < -0.4 is 0 Å². The van der Waals surface area contributed by atoms with E-state index in [1.165, 1.54) is 0 Å². The molecule has 1 aliphatic carbocycles. The van der Waals surface area contributed by atoms with Gasteiger partial charge in [0.2, 0.25) is 0 Å². The lowest BCUT2D eigenvalue weighted by Crippen LogP contribution is -2.31. The predicted molar refractivity (Wildman–Crippen MR) is 69.1 cm³/mol. The van der Waals surface area contributed by atoms with Crippen molar-refractivity contribution in [3.8, 4) is 0 Å². The van der Waals surface area contributed by atoms with Crippen LogP contribution in [0.15, 0.2) is 0 Å². The minimum atomic E-state index is -3.45. The maximum Gasteiger partial charge on any atom is 0.341 e. The molecule has 7 heteroatoms. The molecule has 0 aromatic rings. The van der Waals surface area contributed by atoms with Gasteiger partial charge < -0.3 is 13.8 Å². The molecule has 0 saturated heterocycles. The van der Waals surface area contributed by atoms with Gasteiger partial charge in [0.05, 0.1) is 13.2 Å². The molecule has 0 N–H and O–H groups in total. The Kier molecular flexibility index (Phi) is 6.69. The Morgan fingerprint density at radius 3 is 2.42 bits per heavy atom. The van der Waals surface area contributed by atoms with E-state index in [0.29, 0.717) is 12.8 Å². The van der Waals surface area contributed by atoms with Crippen LogP contribution in [-0.4, -0.2) is 37.2 Å². The molecule has 0 amide bonds. The van der Waals surface area contributed by atoms with Crippen LogP contribution in [0.3, 0.4) is 0 Å². The first kappa shape index (κ1) is 16.3. The molecule has 0 bridgehead atoms. The molecule has 6 nitrogen and oxygen atoms in total. The SMILES string of the molecule is CCOP(=O)(CC(=O)OC1CCCCC1=O)OCC. The van der Waals surface area contributed by atoms with Crippen molar-refractivity contribution in [2.24, 2.45) is 0 Å². The van der Waals surface area contributed by atoms with Crippen LogP contribution in [0.2, 0.25) is 0 Å². The third-order valence-electron chi connectivity index (χ3n) is 2.75. The summed E-state index contributed by atoms with van der Waals surface area (Å²) in [5.74, 6) is -0.771. The second-order valence-corrected chi connectivity index (χ2v) is 6.35. The molecule has 1 aliphatic rings. The summed E-state index contributed by atoms with van der Waals surface area (Å²) in [5.41, 5.74) is 0. The van der Waals surface area contributed by atoms with Gasteiger partial charge in [-0.3, -0.25) is 14.2 Å². The zero-order chi connectivity index (χ0) is 14.3. The van der Waals surface area contributed by atoms with Gasteiger partial charge in [0.1, 0.15) is 6.16 Å². The third-order valence-corrected chi connectivity index (χ3v) is 4.70. The molecule has 19 heavy (non-hydrogen) atoms.